The number of halogens is 1. The van der Waals surface area contributed by atoms with Crippen LogP contribution in [0.3, 0.4) is 0 Å². The molecule has 0 spiro atoms. The van der Waals surface area contributed by atoms with E-state index in [0.29, 0.717) is 17.2 Å². The molecule has 2 rings (SSSR count). The number of thioether (sulfide) groups is 1. The van der Waals surface area contributed by atoms with Crippen LogP contribution >= 0.6 is 23.4 Å². The maximum absolute atomic E-state index is 12.0. The number of hydrogen-bond acceptors (Lipinski definition) is 3. The lowest BCUT2D eigenvalue weighted by Crippen LogP contribution is -2.22. The highest BCUT2D eigenvalue weighted by Crippen LogP contribution is 2.27. The Morgan fingerprint density at radius 3 is 3.12 bits per heavy atom. The van der Waals surface area contributed by atoms with Crippen molar-refractivity contribution in [3.05, 3.63) is 29.0 Å². The van der Waals surface area contributed by atoms with Gasteiger partial charge in [0.2, 0.25) is 0 Å². The van der Waals surface area contributed by atoms with Gasteiger partial charge < -0.3 is 0 Å². The van der Waals surface area contributed by atoms with Crippen LogP contribution < -0.4 is 0 Å². The van der Waals surface area contributed by atoms with Crippen molar-refractivity contribution in [1.29, 1.82) is 0 Å². The van der Waals surface area contributed by atoms with Crippen molar-refractivity contribution in [3.8, 4) is 0 Å². The number of ketones is 1. The van der Waals surface area contributed by atoms with Crippen LogP contribution in [0.1, 0.15) is 24.8 Å². The Morgan fingerprint density at radius 2 is 2.44 bits per heavy atom. The van der Waals surface area contributed by atoms with Crippen LogP contribution in [0.5, 0.6) is 0 Å². The summed E-state index contributed by atoms with van der Waals surface area (Å²) in [5, 5.41) is 0.773. The van der Waals surface area contributed by atoms with Crippen molar-refractivity contribution in [2.24, 2.45) is 0 Å². The fourth-order valence-corrected chi connectivity index (χ4v) is 3.29. The van der Waals surface area contributed by atoms with Gasteiger partial charge in [-0.3, -0.25) is 9.78 Å². The molecule has 1 aromatic rings. The predicted molar refractivity (Wildman–Crippen MR) is 68.1 cm³/mol. The van der Waals surface area contributed by atoms with Crippen molar-refractivity contribution >= 4 is 29.1 Å². The average molecular weight is 256 g/mol. The molecule has 1 aliphatic rings. The zero-order chi connectivity index (χ0) is 11.4. The fraction of sp³-hybridized carbons (Fsp3) is 0.500. The van der Waals surface area contributed by atoms with Gasteiger partial charge in [-0.2, -0.15) is 11.8 Å². The van der Waals surface area contributed by atoms with Crippen LogP contribution in [0.4, 0.5) is 0 Å². The molecule has 1 atom stereocenters. The highest BCUT2D eigenvalue weighted by atomic mass is 35.5. The van der Waals surface area contributed by atoms with Crippen LogP contribution in [0.15, 0.2) is 18.5 Å². The summed E-state index contributed by atoms with van der Waals surface area (Å²) < 4.78 is 0. The van der Waals surface area contributed by atoms with Gasteiger partial charge in [0.15, 0.2) is 0 Å². The third-order valence-electron chi connectivity index (χ3n) is 2.76. The Balaban J connectivity index is 1.99. The van der Waals surface area contributed by atoms with E-state index in [4.69, 9.17) is 11.6 Å². The quantitative estimate of drug-likeness (QED) is 0.831. The Morgan fingerprint density at radius 1 is 1.56 bits per heavy atom. The molecule has 0 aliphatic carbocycles. The highest BCUT2D eigenvalue weighted by Gasteiger charge is 2.22. The Kier molecular flexibility index (Phi) is 4.24. The van der Waals surface area contributed by atoms with Crippen LogP contribution in [-0.2, 0) is 11.2 Å². The summed E-state index contributed by atoms with van der Waals surface area (Å²) in [6.07, 6.45) is 7.16. The summed E-state index contributed by atoms with van der Waals surface area (Å²) >= 11 is 7.77. The minimum Gasteiger partial charge on any atom is -0.298 e. The Labute approximate surface area is 105 Å². The molecular formula is C12H14ClNOS. The predicted octanol–water partition coefficient (Wildman–Crippen LogP) is 3.13. The zero-order valence-electron chi connectivity index (χ0n) is 8.99. The Bertz CT molecular complexity index is 377. The molecule has 0 bridgehead atoms. The molecular weight excluding hydrogens is 242 g/mol. The number of nitrogens with zero attached hydrogens (tertiary/aromatic N) is 1. The van der Waals surface area contributed by atoms with E-state index >= 15 is 0 Å². The first-order chi connectivity index (χ1) is 7.77. The monoisotopic (exact) mass is 255 g/mol. The topological polar surface area (TPSA) is 30.0 Å². The largest absolute Gasteiger partial charge is 0.298 e. The summed E-state index contributed by atoms with van der Waals surface area (Å²) in [7, 11) is 0. The summed E-state index contributed by atoms with van der Waals surface area (Å²) in [6, 6.07) is 1.83. The van der Waals surface area contributed by atoms with Gasteiger partial charge in [0.05, 0.1) is 10.3 Å². The zero-order valence-corrected chi connectivity index (χ0v) is 10.6. The summed E-state index contributed by atoms with van der Waals surface area (Å²) in [6.45, 7) is 0. The molecule has 4 heteroatoms. The van der Waals surface area contributed by atoms with E-state index in [1.807, 2.05) is 6.07 Å². The van der Waals surface area contributed by atoms with Gasteiger partial charge >= 0.3 is 0 Å². The van der Waals surface area contributed by atoms with Crippen LogP contribution in [-0.4, -0.2) is 21.8 Å². The number of hydrogen-bond donors (Lipinski definition) is 0. The van der Waals surface area contributed by atoms with E-state index in [1.165, 1.54) is 12.8 Å². The van der Waals surface area contributed by atoms with Gasteiger partial charge in [0.1, 0.15) is 5.78 Å². The summed E-state index contributed by atoms with van der Waals surface area (Å²) in [5.74, 6) is 1.42. The lowest BCUT2D eigenvalue weighted by atomic mass is 10.0. The van der Waals surface area contributed by atoms with Crippen LogP contribution in [0.25, 0.3) is 0 Å². The lowest BCUT2D eigenvalue weighted by Gasteiger charge is -2.20. The second kappa shape index (κ2) is 5.69. The van der Waals surface area contributed by atoms with Gasteiger partial charge in [-0.1, -0.05) is 18.0 Å². The minimum absolute atomic E-state index is 0.179. The first-order valence-corrected chi connectivity index (χ1v) is 6.93. The maximum Gasteiger partial charge on any atom is 0.150 e. The molecule has 0 radical (unpaired) electrons. The highest BCUT2D eigenvalue weighted by molar-refractivity contribution is 8.00. The van der Waals surface area contributed by atoms with E-state index in [-0.39, 0.29) is 5.25 Å². The van der Waals surface area contributed by atoms with Gasteiger partial charge in [-0.05, 0) is 30.2 Å². The van der Waals surface area contributed by atoms with Crippen molar-refractivity contribution in [2.75, 3.05) is 5.75 Å². The molecule has 1 aliphatic heterocycles. The summed E-state index contributed by atoms with van der Waals surface area (Å²) in [5.41, 5.74) is 0.896. The molecule has 0 aromatic carbocycles. The normalized spacial score (nSPS) is 20.7. The van der Waals surface area contributed by atoms with Crippen molar-refractivity contribution in [1.82, 2.24) is 4.98 Å². The average Bonchev–Trinajstić information content (AvgIpc) is 2.33. The molecule has 0 saturated carbocycles. The number of Topliss-reactive ketones (excluding diaryl/α,β-unsaturated/α-hetero) is 1. The van der Waals surface area contributed by atoms with E-state index in [0.717, 1.165) is 17.7 Å². The lowest BCUT2D eigenvalue weighted by molar-refractivity contribution is -0.118. The third-order valence-corrected chi connectivity index (χ3v) is 4.53. The van der Waals surface area contributed by atoms with E-state index < -0.39 is 0 Å². The van der Waals surface area contributed by atoms with E-state index in [1.54, 1.807) is 24.2 Å². The third kappa shape index (κ3) is 2.98. The fourth-order valence-electron chi connectivity index (χ4n) is 1.84. The molecule has 2 nitrogen and oxygen atoms in total. The molecule has 1 unspecified atom stereocenters. The second-order valence-corrected chi connectivity index (χ2v) is 5.68. The smallest absolute Gasteiger partial charge is 0.150 e. The standard InChI is InChI=1S/C12H14ClNOS/c13-10-8-14-5-4-9(10)7-11(15)12-3-1-2-6-16-12/h4-5,8,12H,1-3,6-7H2. The molecule has 0 amide bonds. The summed E-state index contributed by atoms with van der Waals surface area (Å²) in [4.78, 5) is 15.9. The molecule has 0 N–H and O–H groups in total. The SMILES string of the molecule is O=C(Cc1ccncc1Cl)C1CCCCS1. The van der Waals surface area contributed by atoms with Gasteiger partial charge in [0.25, 0.3) is 0 Å². The molecule has 1 fully saturated rings. The number of aromatic nitrogens is 1. The van der Waals surface area contributed by atoms with Crippen molar-refractivity contribution in [3.63, 3.8) is 0 Å². The van der Waals surface area contributed by atoms with Gasteiger partial charge in [0, 0.05) is 18.8 Å². The van der Waals surface area contributed by atoms with Crippen LogP contribution in [0, 0.1) is 0 Å². The van der Waals surface area contributed by atoms with E-state index in [2.05, 4.69) is 4.98 Å². The number of pyridine rings is 1. The maximum atomic E-state index is 12.0. The molecule has 2 heterocycles. The minimum atomic E-state index is 0.179. The van der Waals surface area contributed by atoms with Crippen LogP contribution in [0.2, 0.25) is 5.02 Å². The Hall–Kier alpha value is -0.540. The van der Waals surface area contributed by atoms with Gasteiger partial charge in [-0.15, -0.1) is 0 Å². The second-order valence-electron chi connectivity index (χ2n) is 3.97. The first-order valence-electron chi connectivity index (χ1n) is 5.50. The van der Waals surface area contributed by atoms with E-state index in [9.17, 15) is 4.79 Å². The first kappa shape index (κ1) is 11.9. The molecule has 86 valence electrons. The number of carbonyl (C=O) groups excluding carboxylic acids is 1. The van der Waals surface area contributed by atoms with Gasteiger partial charge in [-0.25, -0.2) is 0 Å². The molecule has 1 aromatic heterocycles. The van der Waals surface area contributed by atoms with Crippen molar-refractivity contribution < 1.29 is 4.79 Å². The molecule has 1 saturated heterocycles. The van der Waals surface area contributed by atoms with Crippen molar-refractivity contribution in [2.45, 2.75) is 30.9 Å². The number of carbonyl (C=O) groups is 1. The number of rotatable bonds is 3. The molecule has 16 heavy (non-hydrogen) atoms.